The lowest BCUT2D eigenvalue weighted by Gasteiger charge is -2.20. The molecule has 0 bridgehead atoms. The Morgan fingerprint density at radius 1 is 1.17 bits per heavy atom. The van der Waals surface area contributed by atoms with Crippen LogP contribution in [0, 0.1) is 10.1 Å². The molecule has 0 spiro atoms. The molecule has 8 heteroatoms. The molecule has 0 aromatic heterocycles. The zero-order valence-electron chi connectivity index (χ0n) is 17.4. The summed E-state index contributed by atoms with van der Waals surface area (Å²) in [5.41, 5.74) is 1.86. The molecule has 2 aromatic rings. The Morgan fingerprint density at radius 2 is 1.90 bits per heavy atom. The van der Waals surface area contributed by atoms with E-state index in [0.717, 1.165) is 35.5 Å². The highest BCUT2D eigenvalue weighted by molar-refractivity contribution is 5.79. The third kappa shape index (κ3) is 5.62. The molecular formula is C22H28N4O4. The number of guanidine groups is 1. The number of hydrogen-bond donors (Lipinski definition) is 2. The molecule has 2 N–H and O–H groups in total. The molecule has 0 aliphatic heterocycles. The lowest BCUT2D eigenvalue weighted by atomic mass is 10.1. The van der Waals surface area contributed by atoms with Gasteiger partial charge in [0.05, 0.1) is 18.1 Å². The normalized spacial score (nSPS) is 14.4. The van der Waals surface area contributed by atoms with Crippen LogP contribution in [0.2, 0.25) is 0 Å². The van der Waals surface area contributed by atoms with Gasteiger partial charge >= 0.3 is 0 Å². The SMILES string of the molecule is CN=C(NCc1cccc([N+](=O)[O-])c1)NCc1cccc(OC)c1OC1CCCC1. The summed E-state index contributed by atoms with van der Waals surface area (Å²) in [5, 5.41) is 17.4. The number of benzene rings is 2. The van der Waals surface area contributed by atoms with Gasteiger partial charge in [-0.05, 0) is 37.3 Å². The predicted octanol–water partition coefficient (Wildman–Crippen LogP) is 3.79. The number of nitrogens with one attached hydrogen (secondary N) is 2. The first-order chi connectivity index (χ1) is 14.6. The Labute approximate surface area is 176 Å². The van der Waals surface area contributed by atoms with E-state index >= 15 is 0 Å². The number of ether oxygens (including phenoxy) is 2. The summed E-state index contributed by atoms with van der Waals surface area (Å²) >= 11 is 0. The summed E-state index contributed by atoms with van der Waals surface area (Å²) in [6.45, 7) is 0.929. The average Bonchev–Trinajstić information content (AvgIpc) is 3.28. The van der Waals surface area contributed by atoms with Gasteiger partial charge in [-0.3, -0.25) is 15.1 Å². The molecule has 8 nitrogen and oxygen atoms in total. The van der Waals surface area contributed by atoms with Crippen molar-refractivity contribution in [2.45, 2.75) is 44.9 Å². The van der Waals surface area contributed by atoms with E-state index in [9.17, 15) is 10.1 Å². The Kier molecular flexibility index (Phi) is 7.48. The molecule has 1 saturated carbocycles. The molecule has 0 amide bonds. The lowest BCUT2D eigenvalue weighted by Crippen LogP contribution is -2.36. The first-order valence-electron chi connectivity index (χ1n) is 10.1. The number of nitrogens with zero attached hydrogens (tertiary/aromatic N) is 2. The van der Waals surface area contributed by atoms with Crippen molar-refractivity contribution >= 4 is 11.6 Å². The van der Waals surface area contributed by atoms with Crippen LogP contribution in [0.15, 0.2) is 47.5 Å². The van der Waals surface area contributed by atoms with Crippen LogP contribution < -0.4 is 20.1 Å². The van der Waals surface area contributed by atoms with E-state index in [4.69, 9.17) is 9.47 Å². The molecule has 1 aliphatic rings. The Balaban J connectivity index is 1.63. The van der Waals surface area contributed by atoms with Gasteiger partial charge in [0, 0.05) is 37.8 Å². The van der Waals surface area contributed by atoms with E-state index in [0.29, 0.717) is 19.0 Å². The number of hydrogen-bond acceptors (Lipinski definition) is 5. The molecular weight excluding hydrogens is 384 g/mol. The van der Waals surface area contributed by atoms with Gasteiger partial charge in [-0.2, -0.15) is 0 Å². The van der Waals surface area contributed by atoms with Crippen LogP contribution in [0.25, 0.3) is 0 Å². The van der Waals surface area contributed by atoms with E-state index < -0.39 is 4.92 Å². The number of nitro groups is 1. The molecule has 2 aromatic carbocycles. The molecule has 0 atom stereocenters. The van der Waals surface area contributed by atoms with E-state index in [-0.39, 0.29) is 11.8 Å². The van der Waals surface area contributed by atoms with Crippen molar-refractivity contribution < 1.29 is 14.4 Å². The summed E-state index contributed by atoms with van der Waals surface area (Å²) in [5.74, 6) is 2.09. The van der Waals surface area contributed by atoms with E-state index in [1.54, 1.807) is 26.3 Å². The summed E-state index contributed by atoms with van der Waals surface area (Å²) in [7, 11) is 3.33. The van der Waals surface area contributed by atoms with Crippen LogP contribution >= 0.6 is 0 Å². The van der Waals surface area contributed by atoms with Gasteiger partial charge in [0.15, 0.2) is 17.5 Å². The number of nitro benzene ring substituents is 1. The monoisotopic (exact) mass is 412 g/mol. The molecule has 160 valence electrons. The first-order valence-corrected chi connectivity index (χ1v) is 10.1. The minimum atomic E-state index is -0.398. The Bertz CT molecular complexity index is 894. The largest absolute Gasteiger partial charge is 0.493 e. The second kappa shape index (κ2) is 10.5. The number of non-ortho nitro benzene ring substituents is 1. The number of rotatable bonds is 8. The number of methoxy groups -OCH3 is 1. The molecule has 1 fully saturated rings. The number of para-hydroxylation sites is 1. The van der Waals surface area contributed by atoms with Gasteiger partial charge in [-0.25, -0.2) is 0 Å². The van der Waals surface area contributed by atoms with Gasteiger partial charge in [0.2, 0.25) is 0 Å². The maximum atomic E-state index is 10.9. The quantitative estimate of drug-likeness (QED) is 0.296. The van der Waals surface area contributed by atoms with Crippen molar-refractivity contribution in [2.75, 3.05) is 14.2 Å². The molecule has 1 aliphatic carbocycles. The van der Waals surface area contributed by atoms with Gasteiger partial charge in [-0.15, -0.1) is 0 Å². The van der Waals surface area contributed by atoms with Crippen LogP contribution in [-0.2, 0) is 13.1 Å². The predicted molar refractivity (Wildman–Crippen MR) is 116 cm³/mol. The number of aliphatic imine (C=N–C) groups is 1. The molecule has 3 rings (SSSR count). The van der Waals surface area contributed by atoms with Gasteiger partial charge in [0.1, 0.15) is 0 Å². The highest BCUT2D eigenvalue weighted by Crippen LogP contribution is 2.34. The zero-order chi connectivity index (χ0) is 21.3. The van der Waals surface area contributed by atoms with Gasteiger partial charge in [-0.1, -0.05) is 24.3 Å². The van der Waals surface area contributed by atoms with E-state index in [1.165, 1.54) is 18.9 Å². The molecule has 0 unspecified atom stereocenters. The summed E-state index contributed by atoms with van der Waals surface area (Å²) in [6, 6.07) is 12.4. The van der Waals surface area contributed by atoms with Crippen LogP contribution in [0.4, 0.5) is 5.69 Å². The van der Waals surface area contributed by atoms with Gasteiger partial charge < -0.3 is 20.1 Å². The fourth-order valence-electron chi connectivity index (χ4n) is 3.53. The first kappa shape index (κ1) is 21.4. The standard InChI is InChI=1S/C22H28N4O4/c1-23-22(24-14-16-7-5-9-18(13-16)26(27)28)25-15-17-8-6-12-20(29-2)21(17)30-19-10-3-4-11-19/h5-9,12-13,19H,3-4,10-11,14-15H2,1-2H3,(H2,23,24,25). The van der Waals surface area contributed by atoms with Crippen LogP contribution in [-0.4, -0.2) is 31.1 Å². The second-order valence-corrected chi connectivity index (χ2v) is 7.18. The van der Waals surface area contributed by atoms with E-state index in [1.807, 2.05) is 24.3 Å². The Hall–Kier alpha value is -3.29. The van der Waals surface area contributed by atoms with E-state index in [2.05, 4.69) is 15.6 Å². The summed E-state index contributed by atoms with van der Waals surface area (Å²) in [6.07, 6.45) is 4.75. The lowest BCUT2D eigenvalue weighted by molar-refractivity contribution is -0.384. The van der Waals surface area contributed by atoms with Crippen molar-refractivity contribution in [2.24, 2.45) is 4.99 Å². The molecule has 0 radical (unpaired) electrons. The highest BCUT2D eigenvalue weighted by atomic mass is 16.6. The van der Waals surface area contributed by atoms with Crippen molar-refractivity contribution in [3.63, 3.8) is 0 Å². The topological polar surface area (TPSA) is 98.0 Å². The summed E-state index contributed by atoms with van der Waals surface area (Å²) < 4.78 is 11.8. The van der Waals surface area contributed by atoms with Crippen LogP contribution in [0.1, 0.15) is 36.8 Å². The summed E-state index contributed by atoms with van der Waals surface area (Å²) in [4.78, 5) is 14.8. The molecule has 30 heavy (non-hydrogen) atoms. The molecule has 0 heterocycles. The fraction of sp³-hybridized carbons (Fsp3) is 0.409. The highest BCUT2D eigenvalue weighted by Gasteiger charge is 2.20. The van der Waals surface area contributed by atoms with Crippen molar-refractivity contribution in [1.29, 1.82) is 0 Å². The third-order valence-electron chi connectivity index (χ3n) is 5.12. The van der Waals surface area contributed by atoms with Gasteiger partial charge in [0.25, 0.3) is 5.69 Å². The minimum Gasteiger partial charge on any atom is -0.493 e. The molecule has 0 saturated heterocycles. The van der Waals surface area contributed by atoms with Crippen molar-refractivity contribution in [1.82, 2.24) is 10.6 Å². The van der Waals surface area contributed by atoms with Crippen molar-refractivity contribution in [3.8, 4) is 11.5 Å². The van der Waals surface area contributed by atoms with Crippen LogP contribution in [0.5, 0.6) is 11.5 Å². The zero-order valence-corrected chi connectivity index (χ0v) is 17.4. The maximum Gasteiger partial charge on any atom is 0.269 e. The maximum absolute atomic E-state index is 10.9. The average molecular weight is 412 g/mol. The van der Waals surface area contributed by atoms with Crippen molar-refractivity contribution in [3.05, 3.63) is 63.7 Å². The smallest absolute Gasteiger partial charge is 0.269 e. The second-order valence-electron chi connectivity index (χ2n) is 7.18. The minimum absolute atomic E-state index is 0.0716. The fourth-order valence-corrected chi connectivity index (χ4v) is 3.53. The van der Waals surface area contributed by atoms with Crippen LogP contribution in [0.3, 0.4) is 0 Å². The Morgan fingerprint density at radius 3 is 2.60 bits per heavy atom. The third-order valence-corrected chi connectivity index (χ3v) is 5.12.